The Hall–Kier alpha value is -1.45. The number of unbranched alkanes of at least 4 members (excludes halogenated alkanes) is 1. The van der Waals surface area contributed by atoms with Gasteiger partial charge in [0.05, 0.1) is 0 Å². The molecule has 1 aromatic rings. The summed E-state index contributed by atoms with van der Waals surface area (Å²) in [7, 11) is 0. The lowest BCUT2D eigenvalue weighted by Crippen LogP contribution is -2.25. The summed E-state index contributed by atoms with van der Waals surface area (Å²) in [5.41, 5.74) is 1.05. The Morgan fingerprint density at radius 2 is 2.13 bits per heavy atom. The predicted molar refractivity (Wildman–Crippen MR) is 58.3 cm³/mol. The fourth-order valence-corrected chi connectivity index (χ4v) is 1.23. The van der Waals surface area contributed by atoms with Crippen LogP contribution in [0.2, 0.25) is 0 Å². The van der Waals surface area contributed by atoms with Gasteiger partial charge in [-0.15, -0.1) is 0 Å². The first kappa shape index (κ1) is 11.6. The van der Waals surface area contributed by atoms with Crippen LogP contribution in [0.4, 0.5) is 0 Å². The fraction of sp³-hybridized carbons (Fsp3) is 0.545. The van der Waals surface area contributed by atoms with E-state index in [1.54, 1.807) is 12.4 Å². The predicted octanol–water partition coefficient (Wildman–Crippen LogP) is 1.33. The molecule has 0 aliphatic heterocycles. The van der Waals surface area contributed by atoms with Crippen LogP contribution in [-0.2, 0) is 11.2 Å². The zero-order chi connectivity index (χ0) is 10.9. The van der Waals surface area contributed by atoms with E-state index in [0.29, 0.717) is 13.0 Å². The molecular formula is C11H17N3O. The number of carbonyl (C=O) groups excluding carboxylic acids is 1. The normalized spacial score (nSPS) is 9.93. The van der Waals surface area contributed by atoms with Crippen LogP contribution in [0, 0.1) is 0 Å². The average molecular weight is 207 g/mol. The summed E-state index contributed by atoms with van der Waals surface area (Å²) in [4.78, 5) is 19.1. The van der Waals surface area contributed by atoms with Crippen molar-refractivity contribution in [3.05, 3.63) is 24.3 Å². The van der Waals surface area contributed by atoms with Gasteiger partial charge in [0.1, 0.15) is 6.33 Å². The first-order chi connectivity index (χ1) is 7.33. The van der Waals surface area contributed by atoms with E-state index in [-0.39, 0.29) is 5.91 Å². The molecule has 0 aliphatic rings. The van der Waals surface area contributed by atoms with E-state index in [0.717, 1.165) is 24.8 Å². The maximum absolute atomic E-state index is 11.2. The van der Waals surface area contributed by atoms with Crippen molar-refractivity contribution < 1.29 is 4.79 Å². The minimum absolute atomic E-state index is 0.133. The van der Waals surface area contributed by atoms with E-state index < -0.39 is 0 Å². The second kappa shape index (κ2) is 6.92. The Balaban J connectivity index is 2.14. The molecule has 4 heteroatoms. The Bertz CT molecular complexity index is 287. The van der Waals surface area contributed by atoms with Crippen molar-refractivity contribution in [3.63, 3.8) is 0 Å². The molecule has 4 nitrogen and oxygen atoms in total. The van der Waals surface area contributed by atoms with E-state index in [2.05, 4.69) is 22.2 Å². The Labute approximate surface area is 90.1 Å². The highest BCUT2D eigenvalue weighted by molar-refractivity contribution is 5.75. The largest absolute Gasteiger partial charge is 0.356 e. The second-order valence-electron chi connectivity index (χ2n) is 3.45. The number of rotatable bonds is 6. The van der Waals surface area contributed by atoms with Gasteiger partial charge in [-0.05, 0) is 18.4 Å². The highest BCUT2D eigenvalue weighted by atomic mass is 16.1. The lowest BCUT2D eigenvalue weighted by molar-refractivity contribution is -0.121. The third-order valence-corrected chi connectivity index (χ3v) is 2.11. The lowest BCUT2D eigenvalue weighted by Gasteiger charge is -2.03. The van der Waals surface area contributed by atoms with E-state index in [9.17, 15) is 4.79 Å². The molecule has 15 heavy (non-hydrogen) atoms. The van der Waals surface area contributed by atoms with Crippen LogP contribution in [0.5, 0.6) is 0 Å². The zero-order valence-electron chi connectivity index (χ0n) is 9.07. The number of nitrogens with zero attached hydrogens (tertiary/aromatic N) is 2. The van der Waals surface area contributed by atoms with Crippen LogP contribution in [0.3, 0.4) is 0 Å². The molecule has 1 heterocycles. The maximum Gasteiger partial charge on any atom is 0.220 e. The van der Waals surface area contributed by atoms with Crippen LogP contribution < -0.4 is 5.32 Å². The average Bonchev–Trinajstić information content (AvgIpc) is 2.28. The Kier molecular flexibility index (Phi) is 5.37. The number of aromatic nitrogens is 2. The summed E-state index contributed by atoms with van der Waals surface area (Å²) in [6.45, 7) is 2.74. The number of amides is 1. The van der Waals surface area contributed by atoms with Crippen LogP contribution in [0.15, 0.2) is 18.7 Å². The number of nitrogens with one attached hydrogen (secondary N) is 1. The van der Waals surface area contributed by atoms with Gasteiger partial charge in [0.2, 0.25) is 5.91 Å². The van der Waals surface area contributed by atoms with Gasteiger partial charge in [-0.25, -0.2) is 9.97 Å². The molecule has 0 atom stereocenters. The molecule has 0 fully saturated rings. The fourth-order valence-electron chi connectivity index (χ4n) is 1.23. The number of hydrogen-bond acceptors (Lipinski definition) is 3. The molecule has 0 aliphatic carbocycles. The van der Waals surface area contributed by atoms with Gasteiger partial charge in [0.25, 0.3) is 0 Å². The van der Waals surface area contributed by atoms with Gasteiger partial charge in [-0.2, -0.15) is 0 Å². The standard InChI is InChI=1S/C11H17N3O/c1-2-3-4-11(15)14-6-5-10-7-12-9-13-8-10/h7-9H,2-6H2,1H3,(H,14,15). The maximum atomic E-state index is 11.2. The molecule has 0 saturated carbocycles. The molecule has 0 unspecified atom stereocenters. The minimum Gasteiger partial charge on any atom is -0.356 e. The summed E-state index contributed by atoms with van der Waals surface area (Å²) in [5, 5.41) is 2.87. The topological polar surface area (TPSA) is 54.9 Å². The van der Waals surface area contributed by atoms with Crippen LogP contribution in [0.25, 0.3) is 0 Å². The smallest absolute Gasteiger partial charge is 0.220 e. The van der Waals surface area contributed by atoms with E-state index >= 15 is 0 Å². The third-order valence-electron chi connectivity index (χ3n) is 2.11. The molecule has 0 radical (unpaired) electrons. The molecule has 0 saturated heterocycles. The van der Waals surface area contributed by atoms with Gasteiger partial charge in [-0.3, -0.25) is 4.79 Å². The van der Waals surface area contributed by atoms with Crippen LogP contribution >= 0.6 is 0 Å². The van der Waals surface area contributed by atoms with Crippen molar-refractivity contribution in [2.45, 2.75) is 32.6 Å². The minimum atomic E-state index is 0.133. The van der Waals surface area contributed by atoms with Crippen molar-refractivity contribution in [3.8, 4) is 0 Å². The van der Waals surface area contributed by atoms with Gasteiger partial charge in [0, 0.05) is 25.4 Å². The summed E-state index contributed by atoms with van der Waals surface area (Å²) in [6.07, 6.45) is 8.47. The molecule has 0 aromatic carbocycles. The van der Waals surface area contributed by atoms with E-state index in [4.69, 9.17) is 0 Å². The van der Waals surface area contributed by atoms with Crippen LogP contribution in [-0.4, -0.2) is 22.4 Å². The molecule has 1 aromatic heterocycles. The van der Waals surface area contributed by atoms with E-state index in [1.807, 2.05) is 0 Å². The van der Waals surface area contributed by atoms with Crippen LogP contribution in [0.1, 0.15) is 31.7 Å². The first-order valence-corrected chi connectivity index (χ1v) is 5.33. The summed E-state index contributed by atoms with van der Waals surface area (Å²) in [6, 6.07) is 0. The Morgan fingerprint density at radius 1 is 1.40 bits per heavy atom. The SMILES string of the molecule is CCCCC(=O)NCCc1cncnc1. The van der Waals surface area contributed by atoms with Gasteiger partial charge in [0.15, 0.2) is 0 Å². The highest BCUT2D eigenvalue weighted by Crippen LogP contribution is 1.95. The molecule has 1 rings (SSSR count). The van der Waals surface area contributed by atoms with Crippen molar-refractivity contribution in [2.75, 3.05) is 6.54 Å². The Morgan fingerprint density at radius 3 is 2.80 bits per heavy atom. The molecular weight excluding hydrogens is 190 g/mol. The van der Waals surface area contributed by atoms with Crippen molar-refractivity contribution in [1.82, 2.24) is 15.3 Å². The molecule has 0 bridgehead atoms. The highest BCUT2D eigenvalue weighted by Gasteiger charge is 1.99. The zero-order valence-corrected chi connectivity index (χ0v) is 9.07. The third kappa shape index (κ3) is 5.10. The first-order valence-electron chi connectivity index (χ1n) is 5.33. The monoisotopic (exact) mass is 207 g/mol. The van der Waals surface area contributed by atoms with Gasteiger partial charge >= 0.3 is 0 Å². The quantitative estimate of drug-likeness (QED) is 0.765. The summed E-state index contributed by atoms with van der Waals surface area (Å²) >= 11 is 0. The molecule has 1 amide bonds. The summed E-state index contributed by atoms with van der Waals surface area (Å²) in [5.74, 6) is 0.133. The lowest BCUT2D eigenvalue weighted by atomic mass is 10.2. The summed E-state index contributed by atoms with van der Waals surface area (Å²) < 4.78 is 0. The van der Waals surface area contributed by atoms with E-state index in [1.165, 1.54) is 6.33 Å². The number of hydrogen-bond donors (Lipinski definition) is 1. The van der Waals surface area contributed by atoms with Crippen molar-refractivity contribution >= 4 is 5.91 Å². The molecule has 0 spiro atoms. The van der Waals surface area contributed by atoms with Crippen molar-refractivity contribution in [2.24, 2.45) is 0 Å². The van der Waals surface area contributed by atoms with Crippen molar-refractivity contribution in [1.29, 1.82) is 0 Å². The second-order valence-corrected chi connectivity index (χ2v) is 3.45. The molecule has 1 N–H and O–H groups in total. The van der Waals surface area contributed by atoms with Gasteiger partial charge in [-0.1, -0.05) is 13.3 Å². The molecule has 82 valence electrons. The number of carbonyl (C=O) groups is 1. The van der Waals surface area contributed by atoms with Gasteiger partial charge < -0.3 is 5.32 Å².